The lowest BCUT2D eigenvalue weighted by molar-refractivity contribution is -0.122. The summed E-state index contributed by atoms with van der Waals surface area (Å²) in [5, 5.41) is 3.90. The molecular formula is C21H26Cl2N2O3S2. The van der Waals surface area contributed by atoms with Crippen LogP contribution < -0.4 is 9.62 Å². The average molecular weight is 489 g/mol. The Bertz CT molecular complexity index is 967. The van der Waals surface area contributed by atoms with Crippen molar-refractivity contribution in [3.8, 4) is 0 Å². The number of hydrogen-bond donors (Lipinski definition) is 1. The Hall–Kier alpha value is -1.41. The summed E-state index contributed by atoms with van der Waals surface area (Å²) >= 11 is 13.6. The number of benzene rings is 2. The highest BCUT2D eigenvalue weighted by Gasteiger charge is 2.31. The molecule has 1 unspecified atom stereocenters. The second-order valence-corrected chi connectivity index (χ2v) is 10.7. The number of thioether (sulfide) groups is 1. The predicted molar refractivity (Wildman–Crippen MR) is 128 cm³/mol. The van der Waals surface area contributed by atoms with Gasteiger partial charge in [0, 0.05) is 18.1 Å². The van der Waals surface area contributed by atoms with Crippen LogP contribution in [0, 0.1) is 6.92 Å². The van der Waals surface area contributed by atoms with Gasteiger partial charge in [0.25, 0.3) is 0 Å². The van der Waals surface area contributed by atoms with Crippen LogP contribution in [0.1, 0.15) is 24.5 Å². The summed E-state index contributed by atoms with van der Waals surface area (Å²) < 4.78 is 26.1. The van der Waals surface area contributed by atoms with Gasteiger partial charge in [-0.25, -0.2) is 8.42 Å². The molecule has 164 valence electrons. The Morgan fingerprint density at radius 2 is 1.80 bits per heavy atom. The highest BCUT2D eigenvalue weighted by Crippen LogP contribution is 2.25. The predicted octanol–water partition coefficient (Wildman–Crippen LogP) is 4.90. The summed E-state index contributed by atoms with van der Waals surface area (Å²) in [6.45, 7) is 4.16. The van der Waals surface area contributed by atoms with Crippen LogP contribution in [0.25, 0.3) is 0 Å². The largest absolute Gasteiger partial charge is 0.353 e. The van der Waals surface area contributed by atoms with Gasteiger partial charge in [-0.2, -0.15) is 11.8 Å². The number of halogens is 2. The first-order chi connectivity index (χ1) is 14.1. The number of nitrogens with zero attached hydrogens (tertiary/aromatic N) is 1. The van der Waals surface area contributed by atoms with E-state index in [4.69, 9.17) is 23.2 Å². The van der Waals surface area contributed by atoms with Crippen LogP contribution in [-0.4, -0.2) is 38.9 Å². The lowest BCUT2D eigenvalue weighted by atomic mass is 10.1. The van der Waals surface area contributed by atoms with Crippen molar-refractivity contribution >= 4 is 56.6 Å². The fourth-order valence-electron chi connectivity index (χ4n) is 2.94. The summed E-state index contributed by atoms with van der Waals surface area (Å²) in [5.74, 6) is 1.12. The maximum Gasteiger partial charge on any atom is 0.243 e. The van der Waals surface area contributed by atoms with Crippen molar-refractivity contribution in [2.45, 2.75) is 32.1 Å². The highest BCUT2D eigenvalue weighted by atomic mass is 35.5. The lowest BCUT2D eigenvalue weighted by Gasteiger charge is -2.30. The fraction of sp³-hybridized carbons (Fsp3) is 0.381. The van der Waals surface area contributed by atoms with Crippen molar-refractivity contribution in [1.29, 1.82) is 0 Å². The molecule has 9 heteroatoms. The van der Waals surface area contributed by atoms with Crippen LogP contribution in [0.5, 0.6) is 0 Å². The molecule has 0 bridgehead atoms. The summed E-state index contributed by atoms with van der Waals surface area (Å²) in [7, 11) is -3.62. The molecule has 0 saturated heterocycles. The zero-order valence-corrected chi connectivity index (χ0v) is 20.3. The molecule has 1 atom stereocenters. The third kappa shape index (κ3) is 7.08. The van der Waals surface area contributed by atoms with Crippen LogP contribution in [0.4, 0.5) is 5.69 Å². The second kappa shape index (κ2) is 11.3. The van der Waals surface area contributed by atoms with E-state index >= 15 is 0 Å². The van der Waals surface area contributed by atoms with Gasteiger partial charge in [-0.15, -0.1) is 0 Å². The van der Waals surface area contributed by atoms with Crippen LogP contribution in [0.2, 0.25) is 10.0 Å². The molecule has 0 heterocycles. The topological polar surface area (TPSA) is 66.5 Å². The molecule has 0 saturated carbocycles. The number of rotatable bonds is 10. The van der Waals surface area contributed by atoms with Gasteiger partial charge in [-0.1, -0.05) is 53.9 Å². The van der Waals surface area contributed by atoms with Gasteiger partial charge >= 0.3 is 0 Å². The minimum atomic E-state index is -3.62. The molecular weight excluding hydrogens is 463 g/mol. The van der Waals surface area contributed by atoms with Crippen molar-refractivity contribution in [2.75, 3.05) is 22.9 Å². The van der Waals surface area contributed by atoms with Crippen molar-refractivity contribution in [1.82, 2.24) is 5.32 Å². The SMILES string of the molecule is CCC(C(=O)NCCSCc1ccc(Cl)c(Cl)c1)N(c1ccc(C)cc1)S(C)(=O)=O. The molecule has 1 amide bonds. The van der Waals surface area contributed by atoms with E-state index in [9.17, 15) is 13.2 Å². The van der Waals surface area contributed by atoms with Crippen molar-refractivity contribution < 1.29 is 13.2 Å². The van der Waals surface area contributed by atoms with E-state index in [1.54, 1.807) is 36.9 Å². The summed E-state index contributed by atoms with van der Waals surface area (Å²) in [6, 6.07) is 11.8. The number of anilines is 1. The lowest BCUT2D eigenvalue weighted by Crippen LogP contribution is -2.49. The number of amides is 1. The first-order valence-electron chi connectivity index (χ1n) is 9.49. The van der Waals surface area contributed by atoms with E-state index < -0.39 is 16.1 Å². The molecule has 0 spiro atoms. The maximum absolute atomic E-state index is 12.8. The molecule has 2 rings (SSSR count). The van der Waals surface area contributed by atoms with E-state index in [1.165, 1.54) is 4.31 Å². The molecule has 0 fully saturated rings. The van der Waals surface area contributed by atoms with Crippen molar-refractivity contribution in [2.24, 2.45) is 0 Å². The summed E-state index contributed by atoms with van der Waals surface area (Å²) in [4.78, 5) is 12.8. The quantitative estimate of drug-likeness (QED) is 0.483. The van der Waals surface area contributed by atoms with Gasteiger partial charge in [0.05, 0.1) is 22.0 Å². The van der Waals surface area contributed by atoms with Crippen molar-refractivity contribution in [3.05, 3.63) is 63.6 Å². The fourth-order valence-corrected chi connectivity index (χ4v) is 5.27. The average Bonchev–Trinajstić information content (AvgIpc) is 2.68. The molecule has 5 nitrogen and oxygen atoms in total. The molecule has 0 aliphatic heterocycles. The molecule has 0 aliphatic carbocycles. The van der Waals surface area contributed by atoms with Crippen molar-refractivity contribution in [3.63, 3.8) is 0 Å². The molecule has 2 aromatic carbocycles. The third-order valence-electron chi connectivity index (χ3n) is 4.42. The van der Waals surface area contributed by atoms with Crippen LogP contribution in [0.15, 0.2) is 42.5 Å². The Labute approximate surface area is 193 Å². The van der Waals surface area contributed by atoms with E-state index in [0.29, 0.717) is 34.5 Å². The summed E-state index contributed by atoms with van der Waals surface area (Å²) in [5.41, 5.74) is 2.55. The van der Waals surface area contributed by atoms with Gasteiger partial charge in [0.15, 0.2) is 0 Å². The number of nitrogens with one attached hydrogen (secondary N) is 1. The third-order valence-corrected chi connectivity index (χ3v) is 7.37. The molecule has 0 aliphatic rings. The zero-order chi connectivity index (χ0) is 22.3. The Morgan fingerprint density at radius 3 is 2.37 bits per heavy atom. The van der Waals surface area contributed by atoms with E-state index in [0.717, 1.165) is 23.1 Å². The first kappa shape index (κ1) is 24.9. The monoisotopic (exact) mass is 488 g/mol. The molecule has 2 aromatic rings. The standard InChI is InChI=1S/C21H26Cl2N2O3S2/c1-4-20(25(30(3,27)28)17-8-5-15(2)6-9-17)21(26)24-11-12-29-14-16-7-10-18(22)19(23)13-16/h5-10,13,20H,4,11-12,14H2,1-3H3,(H,24,26). The minimum Gasteiger partial charge on any atom is -0.353 e. The number of carbonyl (C=O) groups is 1. The molecule has 0 radical (unpaired) electrons. The van der Waals surface area contributed by atoms with Crippen LogP contribution in [0.3, 0.4) is 0 Å². The Morgan fingerprint density at radius 1 is 1.13 bits per heavy atom. The molecule has 1 N–H and O–H groups in total. The van der Waals surface area contributed by atoms with E-state index in [-0.39, 0.29) is 5.91 Å². The Kier molecular flexibility index (Phi) is 9.34. The molecule has 0 aromatic heterocycles. The number of aryl methyl sites for hydroxylation is 1. The van der Waals surface area contributed by atoms with Gasteiger partial charge in [-0.05, 0) is 43.2 Å². The molecule has 30 heavy (non-hydrogen) atoms. The number of hydrogen-bond acceptors (Lipinski definition) is 4. The Balaban J connectivity index is 1.95. The summed E-state index contributed by atoms with van der Waals surface area (Å²) in [6.07, 6.45) is 1.49. The highest BCUT2D eigenvalue weighted by molar-refractivity contribution is 7.98. The van der Waals surface area contributed by atoms with Crippen LogP contribution >= 0.6 is 35.0 Å². The van der Waals surface area contributed by atoms with Gasteiger partial charge in [0.1, 0.15) is 6.04 Å². The first-order valence-corrected chi connectivity index (χ1v) is 13.2. The van der Waals surface area contributed by atoms with Gasteiger partial charge in [0.2, 0.25) is 15.9 Å². The van der Waals surface area contributed by atoms with Gasteiger partial charge in [-0.3, -0.25) is 9.10 Å². The maximum atomic E-state index is 12.8. The zero-order valence-electron chi connectivity index (χ0n) is 17.2. The normalized spacial score (nSPS) is 12.4. The minimum absolute atomic E-state index is 0.307. The van der Waals surface area contributed by atoms with E-state index in [1.807, 2.05) is 31.2 Å². The van der Waals surface area contributed by atoms with E-state index in [2.05, 4.69) is 5.32 Å². The van der Waals surface area contributed by atoms with Crippen LogP contribution in [-0.2, 0) is 20.6 Å². The smallest absolute Gasteiger partial charge is 0.243 e. The number of sulfonamides is 1. The van der Waals surface area contributed by atoms with Gasteiger partial charge < -0.3 is 5.32 Å². The second-order valence-electron chi connectivity index (χ2n) is 6.91. The number of carbonyl (C=O) groups excluding carboxylic acids is 1.